The van der Waals surface area contributed by atoms with Gasteiger partial charge in [-0.05, 0) is 50.1 Å². The van der Waals surface area contributed by atoms with Gasteiger partial charge < -0.3 is 5.11 Å². The molecule has 0 spiro atoms. The topological polar surface area (TPSA) is 76.4 Å². The standard InChI is InChI=1S/C19H19NO4S/c1-14-10-11-18-15(12-14)13-16(6-5-9-19(21)22)20(18)25(23,24)17-7-3-2-4-8-17/h2-4,7-8,10-13H,5-6,9H2,1H3,(H,21,22). The van der Waals surface area contributed by atoms with Crippen LogP contribution in [0.3, 0.4) is 0 Å². The molecule has 1 aromatic heterocycles. The molecule has 0 aliphatic heterocycles. The summed E-state index contributed by atoms with van der Waals surface area (Å²) in [5, 5.41) is 9.69. The molecule has 5 nitrogen and oxygen atoms in total. The Morgan fingerprint density at radius 1 is 1.08 bits per heavy atom. The molecule has 0 radical (unpaired) electrons. The summed E-state index contributed by atoms with van der Waals surface area (Å²) in [6.45, 7) is 1.95. The van der Waals surface area contributed by atoms with E-state index in [0.717, 1.165) is 10.9 Å². The molecule has 0 saturated carbocycles. The van der Waals surface area contributed by atoms with Crippen molar-refractivity contribution in [3.05, 3.63) is 65.9 Å². The van der Waals surface area contributed by atoms with Gasteiger partial charge >= 0.3 is 5.97 Å². The maximum atomic E-state index is 13.2. The smallest absolute Gasteiger partial charge is 0.303 e. The quantitative estimate of drug-likeness (QED) is 0.731. The molecule has 0 unspecified atom stereocenters. The Morgan fingerprint density at radius 3 is 2.48 bits per heavy atom. The van der Waals surface area contributed by atoms with Crippen LogP contribution in [0.4, 0.5) is 0 Å². The van der Waals surface area contributed by atoms with E-state index in [1.54, 1.807) is 36.4 Å². The van der Waals surface area contributed by atoms with Crippen LogP contribution >= 0.6 is 0 Å². The van der Waals surface area contributed by atoms with Crippen molar-refractivity contribution in [2.75, 3.05) is 0 Å². The Bertz CT molecular complexity index is 1020. The first kappa shape index (κ1) is 17.2. The van der Waals surface area contributed by atoms with E-state index in [1.807, 2.05) is 25.1 Å². The number of fused-ring (bicyclic) bond motifs is 1. The lowest BCUT2D eigenvalue weighted by atomic mass is 10.1. The van der Waals surface area contributed by atoms with Crippen LogP contribution in [0, 0.1) is 6.92 Å². The Kier molecular flexibility index (Phi) is 4.63. The predicted octanol–water partition coefficient (Wildman–Crippen LogP) is 3.59. The number of aliphatic carboxylic acids is 1. The van der Waals surface area contributed by atoms with Gasteiger partial charge in [0, 0.05) is 17.5 Å². The van der Waals surface area contributed by atoms with E-state index in [1.165, 1.54) is 3.97 Å². The van der Waals surface area contributed by atoms with Gasteiger partial charge in [0.05, 0.1) is 10.4 Å². The number of carboxylic acid groups (broad SMARTS) is 1. The van der Waals surface area contributed by atoms with Gasteiger partial charge in [0.15, 0.2) is 0 Å². The molecule has 0 fully saturated rings. The van der Waals surface area contributed by atoms with Gasteiger partial charge in [-0.15, -0.1) is 0 Å². The Morgan fingerprint density at radius 2 is 1.80 bits per heavy atom. The summed E-state index contributed by atoms with van der Waals surface area (Å²) < 4.78 is 27.7. The fourth-order valence-corrected chi connectivity index (χ4v) is 4.53. The minimum absolute atomic E-state index is 0.00589. The Balaban J connectivity index is 2.15. The van der Waals surface area contributed by atoms with Crippen LogP contribution in [-0.2, 0) is 21.2 Å². The molecule has 0 amide bonds. The van der Waals surface area contributed by atoms with Crippen molar-refractivity contribution in [3.8, 4) is 0 Å². The summed E-state index contributed by atoms with van der Waals surface area (Å²) in [7, 11) is -3.75. The molecule has 1 N–H and O–H groups in total. The zero-order valence-electron chi connectivity index (χ0n) is 13.8. The van der Waals surface area contributed by atoms with Gasteiger partial charge in [0.25, 0.3) is 10.0 Å². The SMILES string of the molecule is Cc1ccc2c(c1)cc(CCCC(=O)O)n2S(=O)(=O)c1ccccc1. The number of hydrogen-bond donors (Lipinski definition) is 1. The number of benzene rings is 2. The molecule has 0 saturated heterocycles. The first-order valence-corrected chi connectivity index (χ1v) is 9.47. The van der Waals surface area contributed by atoms with Crippen LogP contribution in [0.5, 0.6) is 0 Å². The molecular formula is C19H19NO4S. The fourth-order valence-electron chi connectivity index (χ4n) is 2.94. The van der Waals surface area contributed by atoms with E-state index in [0.29, 0.717) is 24.1 Å². The van der Waals surface area contributed by atoms with E-state index in [2.05, 4.69) is 0 Å². The molecule has 0 atom stereocenters. The molecular weight excluding hydrogens is 338 g/mol. The number of rotatable bonds is 6. The van der Waals surface area contributed by atoms with Crippen molar-refractivity contribution >= 4 is 26.9 Å². The second-order valence-electron chi connectivity index (χ2n) is 6.03. The van der Waals surface area contributed by atoms with Crippen molar-refractivity contribution in [2.45, 2.75) is 31.1 Å². The molecule has 1 heterocycles. The zero-order chi connectivity index (χ0) is 18.0. The van der Waals surface area contributed by atoms with E-state index in [4.69, 9.17) is 5.11 Å². The van der Waals surface area contributed by atoms with Crippen LogP contribution < -0.4 is 0 Å². The fraction of sp³-hybridized carbons (Fsp3) is 0.211. The third kappa shape index (κ3) is 3.44. The number of aryl methyl sites for hydroxylation is 2. The molecule has 0 bridgehead atoms. The summed E-state index contributed by atoms with van der Waals surface area (Å²) in [6, 6.07) is 15.7. The first-order valence-electron chi connectivity index (χ1n) is 8.03. The lowest BCUT2D eigenvalue weighted by molar-refractivity contribution is -0.137. The van der Waals surface area contributed by atoms with E-state index in [9.17, 15) is 13.2 Å². The molecule has 6 heteroatoms. The number of carboxylic acids is 1. The summed E-state index contributed by atoms with van der Waals surface area (Å²) >= 11 is 0. The Hall–Kier alpha value is -2.60. The maximum absolute atomic E-state index is 13.2. The van der Waals surface area contributed by atoms with Crippen molar-refractivity contribution < 1.29 is 18.3 Å². The van der Waals surface area contributed by atoms with Crippen LogP contribution in [0.15, 0.2) is 59.5 Å². The summed E-state index contributed by atoms with van der Waals surface area (Å²) in [4.78, 5) is 11.0. The number of nitrogens with zero attached hydrogens (tertiary/aromatic N) is 1. The lowest BCUT2D eigenvalue weighted by Gasteiger charge is -2.12. The molecule has 0 aliphatic rings. The maximum Gasteiger partial charge on any atom is 0.303 e. The van der Waals surface area contributed by atoms with E-state index >= 15 is 0 Å². The average Bonchev–Trinajstić information content (AvgIpc) is 2.93. The van der Waals surface area contributed by atoms with Gasteiger partial charge in [-0.25, -0.2) is 12.4 Å². The third-order valence-corrected chi connectivity index (χ3v) is 5.87. The van der Waals surface area contributed by atoms with Crippen molar-refractivity contribution in [2.24, 2.45) is 0 Å². The molecule has 0 aliphatic carbocycles. The summed E-state index contributed by atoms with van der Waals surface area (Å²) in [5.41, 5.74) is 2.25. The normalized spacial score (nSPS) is 11.7. The van der Waals surface area contributed by atoms with Gasteiger partial charge in [0.2, 0.25) is 0 Å². The highest BCUT2D eigenvalue weighted by Gasteiger charge is 2.22. The van der Waals surface area contributed by atoms with Crippen LogP contribution in [0.25, 0.3) is 10.9 Å². The minimum atomic E-state index is -3.75. The van der Waals surface area contributed by atoms with Gasteiger partial charge in [-0.1, -0.05) is 29.8 Å². The molecule has 25 heavy (non-hydrogen) atoms. The third-order valence-electron chi connectivity index (χ3n) is 4.09. The molecule has 2 aromatic carbocycles. The Labute approximate surface area is 146 Å². The predicted molar refractivity (Wildman–Crippen MR) is 96.3 cm³/mol. The molecule has 130 valence electrons. The highest BCUT2D eigenvalue weighted by molar-refractivity contribution is 7.90. The molecule has 3 aromatic rings. The highest BCUT2D eigenvalue weighted by atomic mass is 32.2. The van der Waals surface area contributed by atoms with Crippen LogP contribution in [0.2, 0.25) is 0 Å². The van der Waals surface area contributed by atoms with Crippen molar-refractivity contribution in [1.82, 2.24) is 3.97 Å². The minimum Gasteiger partial charge on any atom is -0.481 e. The summed E-state index contributed by atoms with van der Waals surface area (Å²) in [6.07, 6.45) is 0.771. The van der Waals surface area contributed by atoms with Gasteiger partial charge in [-0.3, -0.25) is 4.79 Å². The van der Waals surface area contributed by atoms with Gasteiger partial charge in [-0.2, -0.15) is 0 Å². The first-order chi connectivity index (χ1) is 11.9. The number of aromatic nitrogens is 1. The average molecular weight is 357 g/mol. The number of carbonyl (C=O) groups is 1. The highest BCUT2D eigenvalue weighted by Crippen LogP contribution is 2.27. The summed E-state index contributed by atoms with van der Waals surface area (Å²) in [5.74, 6) is -0.885. The lowest BCUT2D eigenvalue weighted by Crippen LogP contribution is -2.16. The van der Waals surface area contributed by atoms with Crippen LogP contribution in [-0.4, -0.2) is 23.5 Å². The second-order valence-corrected chi connectivity index (χ2v) is 7.81. The van der Waals surface area contributed by atoms with E-state index in [-0.39, 0.29) is 11.3 Å². The van der Waals surface area contributed by atoms with Gasteiger partial charge in [0.1, 0.15) is 0 Å². The largest absolute Gasteiger partial charge is 0.481 e. The zero-order valence-corrected chi connectivity index (χ0v) is 14.7. The monoisotopic (exact) mass is 357 g/mol. The molecule has 3 rings (SSSR count). The van der Waals surface area contributed by atoms with E-state index < -0.39 is 16.0 Å². The second kappa shape index (κ2) is 6.72. The van der Waals surface area contributed by atoms with Crippen molar-refractivity contribution in [3.63, 3.8) is 0 Å². The van der Waals surface area contributed by atoms with Crippen LogP contribution in [0.1, 0.15) is 24.1 Å². The number of hydrogen-bond acceptors (Lipinski definition) is 3. The van der Waals surface area contributed by atoms with Crippen molar-refractivity contribution in [1.29, 1.82) is 0 Å².